The molecule has 0 aromatic carbocycles. The van der Waals surface area contributed by atoms with Gasteiger partial charge in [0.05, 0.1) is 31.4 Å². The van der Waals surface area contributed by atoms with E-state index >= 15 is 0 Å². The molecule has 7 heteroatoms. The van der Waals surface area contributed by atoms with Gasteiger partial charge in [-0.3, -0.25) is 0 Å². The van der Waals surface area contributed by atoms with Crippen LogP contribution < -0.4 is 0 Å². The Morgan fingerprint density at radius 2 is 0.551 bits per heavy atom. The normalized spacial score (nSPS) is 13.8. The van der Waals surface area contributed by atoms with Gasteiger partial charge in [0.2, 0.25) is 0 Å². The molecule has 49 heavy (non-hydrogen) atoms. The van der Waals surface area contributed by atoms with Gasteiger partial charge >= 0.3 is 111 Å². The van der Waals surface area contributed by atoms with Crippen molar-refractivity contribution < 1.29 is 0 Å². The molecular weight excluding hydrogens is 933 g/mol. The second-order valence-corrected chi connectivity index (χ2v) is 38.8. The first kappa shape index (κ1) is 63.6. The van der Waals surface area contributed by atoms with Gasteiger partial charge in [-0.15, -0.1) is 0 Å². The third-order valence-electron chi connectivity index (χ3n) is 7.76. The Hall–Kier alpha value is 2.62. The molecule has 0 atom stereocenters. The molecule has 0 aliphatic heterocycles. The van der Waals surface area contributed by atoms with Gasteiger partial charge in [-0.05, 0) is 30.2 Å². The Labute approximate surface area is 358 Å². The first-order valence-corrected chi connectivity index (χ1v) is 32.0. The van der Waals surface area contributed by atoms with Crippen LogP contribution in [0.5, 0.6) is 0 Å². The molecule has 0 rings (SSSR count). The summed E-state index contributed by atoms with van der Waals surface area (Å²) in [6, 6.07) is 0. The van der Waals surface area contributed by atoms with E-state index in [0.29, 0.717) is 40.3 Å². The second kappa shape index (κ2) is 25.0. The second-order valence-electron chi connectivity index (χ2n) is 22.0. The summed E-state index contributed by atoms with van der Waals surface area (Å²) in [5.74, 6) is 0. The van der Waals surface area contributed by atoms with Gasteiger partial charge in [0.25, 0.3) is 0 Å². The number of allylic oxidation sites excluding steroid dienone is 2. The Morgan fingerprint density at radius 3 is 0.571 bits per heavy atom. The molecule has 12 radical (unpaired) electrons. The van der Waals surface area contributed by atoms with Crippen molar-refractivity contribution in [1.82, 2.24) is 0 Å². The summed E-state index contributed by atoms with van der Waals surface area (Å²) in [4.78, 5) is 0. The summed E-state index contributed by atoms with van der Waals surface area (Å²) >= 11 is 8.53. The van der Waals surface area contributed by atoms with Crippen LogP contribution in [0.3, 0.4) is 0 Å². The van der Waals surface area contributed by atoms with Crippen molar-refractivity contribution in [3.8, 4) is 0 Å². The van der Waals surface area contributed by atoms with Gasteiger partial charge in [-0.25, -0.2) is 0 Å². The maximum absolute atomic E-state index is 2.40. The van der Waals surface area contributed by atoms with E-state index in [2.05, 4.69) is 247 Å². The quantitative estimate of drug-likeness (QED) is 0.114. The first-order valence-electron chi connectivity index (χ1n) is 18.1. The van der Waals surface area contributed by atoms with Crippen LogP contribution in [0.4, 0.5) is 0 Å². The molecule has 0 fully saturated rings. The van der Waals surface area contributed by atoms with E-state index < -0.39 is 17.6 Å². The topological polar surface area (TPSA) is 0 Å². The van der Waals surface area contributed by atoms with Crippen molar-refractivity contribution >= 4 is 92.8 Å². The molecule has 0 aliphatic carbocycles. The summed E-state index contributed by atoms with van der Waals surface area (Å²) in [7, 11) is -1.16. The first-order chi connectivity index (χ1) is 20.5. The van der Waals surface area contributed by atoms with Gasteiger partial charge in [0, 0.05) is 15.6 Å². The fourth-order valence-electron chi connectivity index (χ4n) is 9.68. The van der Waals surface area contributed by atoms with E-state index in [1.807, 2.05) is 13.2 Å². The zero-order valence-corrected chi connectivity index (χ0v) is 50.7. The Morgan fingerprint density at radius 1 is 0.408 bits per heavy atom. The van der Waals surface area contributed by atoms with E-state index in [4.69, 9.17) is 0 Å². The van der Waals surface area contributed by atoms with Crippen molar-refractivity contribution in [2.45, 2.75) is 245 Å². The molecule has 0 saturated heterocycles. The van der Waals surface area contributed by atoms with Gasteiger partial charge in [0.15, 0.2) is 0 Å². The van der Waals surface area contributed by atoms with E-state index in [1.165, 1.54) is 10.5 Å². The van der Waals surface area contributed by atoms with Gasteiger partial charge in [-0.1, -0.05) is 166 Å². The van der Waals surface area contributed by atoms with Crippen LogP contribution in [-0.2, 0) is 0 Å². The molecule has 0 nitrogen and oxygen atoms in total. The summed E-state index contributed by atoms with van der Waals surface area (Å²) in [5.41, 5.74) is 4.75. The van der Waals surface area contributed by atoms with Crippen molar-refractivity contribution in [3.05, 3.63) is 24.1 Å². The Bertz CT molecular complexity index is 722. The Balaban J connectivity index is -0.000000124. The summed E-state index contributed by atoms with van der Waals surface area (Å²) < 4.78 is 0. The number of rotatable bonds is 3. The molecule has 290 valence electrons. The summed E-state index contributed by atoms with van der Waals surface area (Å²) in [6.45, 7) is 66.5. The summed E-state index contributed by atoms with van der Waals surface area (Å²) in [6.07, 6.45) is 0. The van der Waals surface area contributed by atoms with Crippen LogP contribution in [0, 0.1) is 13.0 Å². The van der Waals surface area contributed by atoms with E-state index in [0.717, 1.165) is 0 Å². The van der Waals surface area contributed by atoms with Crippen LogP contribution in [0.1, 0.15) is 194 Å². The molecule has 0 heterocycles. The summed E-state index contributed by atoms with van der Waals surface area (Å²) in [5, 5.41) is 6.32. The molecule has 0 aromatic rings. The van der Waals surface area contributed by atoms with Gasteiger partial charge in [-0.2, -0.15) is 0 Å². The van der Waals surface area contributed by atoms with Crippen LogP contribution >= 0.6 is 20.2 Å². The van der Waals surface area contributed by atoms with Crippen LogP contribution in [0.15, 0.2) is 11.1 Å². The van der Waals surface area contributed by atoms with Gasteiger partial charge < -0.3 is 7.43 Å². The number of halogens is 1. The molecule has 0 saturated carbocycles. The van der Waals surface area contributed by atoms with E-state index in [-0.39, 0.29) is 16.2 Å². The number of hydrogen-bond donors (Lipinski definition) is 0. The minimum atomic E-state index is -0.391. The predicted octanol–water partition coefficient (Wildman–Crippen LogP) is 16.4. The molecule has 0 aromatic heterocycles. The SMILES string of the molecule is C/C([CH2][Ge])=C(\C)[CH2][Ge].CC(C)(C)[Si](C(C)(C)C)C(C)(C)C.CC(C)(C)[Si](C(C)(C)C)C(C)(C)C.C[C+](C)[Si](C(C)(C)C)C(C)(C)C.[CH3-].[Ge][I]. The monoisotopic (exact) mass is 1030 g/mol. The minimum absolute atomic E-state index is 0. The third-order valence-corrected chi connectivity index (χ3v) is 23.0. The van der Waals surface area contributed by atoms with Crippen LogP contribution in [0.2, 0.25) is 50.8 Å². The average molecular weight is 1030 g/mol. The van der Waals surface area contributed by atoms with Crippen molar-refractivity contribution in [2.75, 3.05) is 0 Å². The van der Waals surface area contributed by atoms with E-state index in [1.54, 1.807) is 16.7 Å². The Kier molecular flexibility index (Phi) is 32.4. The standard InChI is InChI=1S/2C12H27Si.C11H24Si.C6H10Ge2.CH3.GeI/c2*1-10(2,3)13(11(4,5)6)12(7,8)9;1-9(2)12(10(3,4)5)11(6,7)8;1-5(3-7)6(2)4-8;;1-2/h2*1-9H3;1-8H3;3-4H2,1-2H3;1H3;/q;;+1;;-1;/b;;;6-5-;;. The van der Waals surface area contributed by atoms with Crippen molar-refractivity contribution in [1.29, 1.82) is 0 Å². The van der Waals surface area contributed by atoms with E-state index in [9.17, 15) is 0 Å². The van der Waals surface area contributed by atoms with Crippen molar-refractivity contribution in [3.63, 3.8) is 0 Å². The molecule has 0 N–H and O–H groups in total. The molecular formula is C42H91Ge3ISi3. The predicted molar refractivity (Wildman–Crippen MR) is 255 cm³/mol. The number of hydrogen-bond acceptors (Lipinski definition) is 0. The average Bonchev–Trinajstić information content (AvgIpc) is 2.71. The molecule has 0 amide bonds. The molecule has 0 bridgehead atoms. The fraction of sp³-hybridized carbons (Fsp3) is 0.905. The molecule has 0 spiro atoms. The zero-order valence-electron chi connectivity index (χ0n) is 39.3. The van der Waals surface area contributed by atoms with Crippen LogP contribution in [-0.4, -0.2) is 72.6 Å². The fourth-order valence-corrected chi connectivity index (χ4v) is 29.7. The molecule has 0 aliphatic rings. The van der Waals surface area contributed by atoms with Crippen LogP contribution in [0.25, 0.3) is 0 Å². The van der Waals surface area contributed by atoms with Crippen molar-refractivity contribution in [2.24, 2.45) is 0 Å². The zero-order chi connectivity index (χ0) is 40.9. The third kappa shape index (κ3) is 30.5. The molecule has 0 unspecified atom stereocenters. The maximum atomic E-state index is 2.40. The van der Waals surface area contributed by atoms with Gasteiger partial charge in [0.1, 0.15) is 0 Å².